The molecule has 0 amide bonds. The molecule has 0 aliphatic heterocycles. The van der Waals surface area contributed by atoms with E-state index in [-0.39, 0.29) is 6.04 Å². The molecule has 3 nitrogen and oxygen atoms in total. The Balaban J connectivity index is 1.97. The summed E-state index contributed by atoms with van der Waals surface area (Å²) in [5.74, 6) is 1.76. The van der Waals surface area contributed by atoms with E-state index >= 15 is 0 Å². The fraction of sp³-hybridized carbons (Fsp3) is 0.333. The lowest BCUT2D eigenvalue weighted by atomic mass is 10.1. The molecule has 0 aliphatic rings. The molecule has 21 heavy (non-hydrogen) atoms. The monoisotopic (exact) mass is 285 g/mol. The van der Waals surface area contributed by atoms with Gasteiger partial charge in [0.15, 0.2) is 0 Å². The lowest BCUT2D eigenvalue weighted by molar-refractivity contribution is 0.288. The molecule has 2 N–H and O–H groups in total. The first-order chi connectivity index (χ1) is 10.1. The average Bonchev–Trinajstić information content (AvgIpc) is 2.49. The van der Waals surface area contributed by atoms with Crippen molar-refractivity contribution in [3.8, 4) is 11.5 Å². The maximum absolute atomic E-state index is 6.19. The van der Waals surface area contributed by atoms with E-state index in [4.69, 9.17) is 15.2 Å². The second-order valence-electron chi connectivity index (χ2n) is 5.19. The van der Waals surface area contributed by atoms with E-state index in [0.29, 0.717) is 13.2 Å². The molecular formula is C18H23NO2. The summed E-state index contributed by atoms with van der Waals surface area (Å²) in [4.78, 5) is 0. The third-order valence-corrected chi connectivity index (χ3v) is 3.38. The van der Waals surface area contributed by atoms with Crippen LogP contribution in [0.3, 0.4) is 0 Å². The number of hydrogen-bond donors (Lipinski definition) is 1. The van der Waals surface area contributed by atoms with Crippen molar-refractivity contribution in [3.05, 3.63) is 59.2 Å². The van der Waals surface area contributed by atoms with E-state index < -0.39 is 0 Å². The van der Waals surface area contributed by atoms with Gasteiger partial charge < -0.3 is 15.2 Å². The fourth-order valence-electron chi connectivity index (χ4n) is 2.12. The smallest absolute Gasteiger partial charge is 0.122 e. The van der Waals surface area contributed by atoms with Crippen LogP contribution < -0.4 is 15.2 Å². The molecule has 1 unspecified atom stereocenters. The van der Waals surface area contributed by atoms with Crippen LogP contribution >= 0.6 is 0 Å². The number of benzene rings is 2. The lowest BCUT2D eigenvalue weighted by Crippen LogP contribution is -2.19. The molecular weight excluding hydrogens is 262 g/mol. The number of ether oxygens (including phenoxy) is 2. The van der Waals surface area contributed by atoms with E-state index in [2.05, 4.69) is 19.1 Å². The zero-order valence-electron chi connectivity index (χ0n) is 12.9. The molecule has 2 rings (SSSR count). The molecule has 0 bridgehead atoms. The van der Waals surface area contributed by atoms with E-state index in [1.165, 1.54) is 5.56 Å². The summed E-state index contributed by atoms with van der Waals surface area (Å²) in [6.07, 6.45) is 0. The van der Waals surface area contributed by atoms with Crippen LogP contribution in [0.5, 0.6) is 11.5 Å². The Bertz CT molecular complexity index is 578. The van der Waals surface area contributed by atoms with Crippen molar-refractivity contribution in [1.29, 1.82) is 0 Å². The molecule has 0 saturated carbocycles. The molecule has 1 atom stereocenters. The number of hydrogen-bond acceptors (Lipinski definition) is 3. The van der Waals surface area contributed by atoms with Gasteiger partial charge in [-0.2, -0.15) is 0 Å². The Morgan fingerprint density at radius 2 is 1.71 bits per heavy atom. The molecule has 0 spiro atoms. The maximum Gasteiger partial charge on any atom is 0.122 e. The minimum Gasteiger partial charge on any atom is -0.494 e. The topological polar surface area (TPSA) is 44.5 Å². The van der Waals surface area contributed by atoms with Crippen molar-refractivity contribution < 1.29 is 9.47 Å². The van der Waals surface area contributed by atoms with Gasteiger partial charge in [-0.25, -0.2) is 0 Å². The molecule has 0 saturated heterocycles. The fourth-order valence-corrected chi connectivity index (χ4v) is 2.12. The third kappa shape index (κ3) is 4.23. The molecule has 0 radical (unpaired) electrons. The van der Waals surface area contributed by atoms with E-state index in [1.807, 2.05) is 44.2 Å². The van der Waals surface area contributed by atoms with Gasteiger partial charge in [0.2, 0.25) is 0 Å². The van der Waals surface area contributed by atoms with Crippen LogP contribution in [0, 0.1) is 13.8 Å². The standard InChI is InChI=1S/C18H23NO2/c1-4-20-16-9-7-15(8-10-16)17(19)12-21-18-11-13(2)5-6-14(18)3/h5-11,17H,4,12,19H2,1-3H3. The van der Waals surface area contributed by atoms with Gasteiger partial charge in [-0.15, -0.1) is 0 Å². The molecule has 3 heteroatoms. The number of rotatable bonds is 6. The Hall–Kier alpha value is -2.00. The first kappa shape index (κ1) is 15.4. The molecule has 0 fully saturated rings. The van der Waals surface area contributed by atoms with Crippen LogP contribution in [0.1, 0.15) is 29.7 Å². The van der Waals surface area contributed by atoms with Crippen LogP contribution in [0.25, 0.3) is 0 Å². The summed E-state index contributed by atoms with van der Waals surface area (Å²) < 4.78 is 11.3. The summed E-state index contributed by atoms with van der Waals surface area (Å²) in [6.45, 7) is 7.19. The second-order valence-corrected chi connectivity index (χ2v) is 5.19. The summed E-state index contributed by atoms with van der Waals surface area (Å²) >= 11 is 0. The highest BCUT2D eigenvalue weighted by atomic mass is 16.5. The molecule has 112 valence electrons. The maximum atomic E-state index is 6.19. The molecule has 2 aromatic carbocycles. The average molecular weight is 285 g/mol. The Morgan fingerprint density at radius 3 is 2.38 bits per heavy atom. The van der Waals surface area contributed by atoms with Gasteiger partial charge in [0.25, 0.3) is 0 Å². The minimum absolute atomic E-state index is 0.152. The normalized spacial score (nSPS) is 12.0. The summed E-state index contributed by atoms with van der Waals surface area (Å²) in [5, 5.41) is 0. The van der Waals surface area contributed by atoms with Gasteiger partial charge in [0.05, 0.1) is 12.6 Å². The Kier molecular flexibility index (Phi) is 5.23. The predicted molar refractivity (Wildman–Crippen MR) is 86.0 cm³/mol. The SMILES string of the molecule is CCOc1ccc(C(N)COc2cc(C)ccc2C)cc1. The van der Waals surface area contributed by atoms with E-state index in [9.17, 15) is 0 Å². The van der Waals surface area contributed by atoms with Crippen LogP contribution in [0.4, 0.5) is 0 Å². The van der Waals surface area contributed by atoms with Gasteiger partial charge in [-0.3, -0.25) is 0 Å². The molecule has 2 aromatic rings. The van der Waals surface area contributed by atoms with Gasteiger partial charge in [-0.05, 0) is 55.7 Å². The van der Waals surface area contributed by atoms with Gasteiger partial charge in [-0.1, -0.05) is 24.3 Å². The van der Waals surface area contributed by atoms with E-state index in [0.717, 1.165) is 22.6 Å². The van der Waals surface area contributed by atoms with Gasteiger partial charge in [0, 0.05) is 0 Å². The van der Waals surface area contributed by atoms with Crippen LogP contribution in [0.15, 0.2) is 42.5 Å². The van der Waals surface area contributed by atoms with Crippen LogP contribution in [0.2, 0.25) is 0 Å². The largest absolute Gasteiger partial charge is 0.494 e. The van der Waals surface area contributed by atoms with Crippen molar-refractivity contribution in [1.82, 2.24) is 0 Å². The highest BCUT2D eigenvalue weighted by molar-refractivity contribution is 5.36. The minimum atomic E-state index is -0.152. The third-order valence-electron chi connectivity index (χ3n) is 3.38. The van der Waals surface area contributed by atoms with E-state index in [1.54, 1.807) is 0 Å². The predicted octanol–water partition coefficient (Wildman–Crippen LogP) is 3.78. The van der Waals surface area contributed by atoms with Gasteiger partial charge in [0.1, 0.15) is 18.1 Å². The van der Waals surface area contributed by atoms with Crippen LogP contribution in [-0.2, 0) is 0 Å². The molecule has 0 aromatic heterocycles. The summed E-state index contributed by atoms with van der Waals surface area (Å²) in [6, 6.07) is 13.9. The molecule has 0 aliphatic carbocycles. The number of nitrogens with two attached hydrogens (primary N) is 1. The highest BCUT2D eigenvalue weighted by Crippen LogP contribution is 2.22. The lowest BCUT2D eigenvalue weighted by Gasteiger charge is -2.16. The zero-order valence-corrected chi connectivity index (χ0v) is 12.9. The summed E-state index contributed by atoms with van der Waals surface area (Å²) in [5.41, 5.74) is 9.54. The zero-order chi connectivity index (χ0) is 15.2. The van der Waals surface area contributed by atoms with Crippen molar-refractivity contribution in [3.63, 3.8) is 0 Å². The highest BCUT2D eigenvalue weighted by Gasteiger charge is 2.08. The first-order valence-corrected chi connectivity index (χ1v) is 7.28. The second kappa shape index (κ2) is 7.14. The Labute approximate surface area is 126 Å². The molecule has 0 heterocycles. The first-order valence-electron chi connectivity index (χ1n) is 7.28. The van der Waals surface area contributed by atoms with Crippen molar-refractivity contribution >= 4 is 0 Å². The quantitative estimate of drug-likeness (QED) is 0.878. The van der Waals surface area contributed by atoms with Crippen molar-refractivity contribution in [2.75, 3.05) is 13.2 Å². The van der Waals surface area contributed by atoms with Crippen LogP contribution in [-0.4, -0.2) is 13.2 Å². The summed E-state index contributed by atoms with van der Waals surface area (Å²) in [7, 11) is 0. The van der Waals surface area contributed by atoms with Gasteiger partial charge >= 0.3 is 0 Å². The van der Waals surface area contributed by atoms with Crippen molar-refractivity contribution in [2.24, 2.45) is 5.73 Å². The van der Waals surface area contributed by atoms with Crippen molar-refractivity contribution in [2.45, 2.75) is 26.8 Å². The Morgan fingerprint density at radius 1 is 1.00 bits per heavy atom. The number of aryl methyl sites for hydroxylation is 2.